The number of hydrogen-bond acceptors (Lipinski definition) is 2. The summed E-state index contributed by atoms with van der Waals surface area (Å²) in [7, 11) is 0. The molecule has 0 aliphatic heterocycles. The van der Waals surface area contributed by atoms with E-state index in [1.807, 2.05) is 6.07 Å². The van der Waals surface area contributed by atoms with Gasteiger partial charge in [0.1, 0.15) is 0 Å². The molecule has 1 unspecified atom stereocenters. The maximum Gasteiger partial charge on any atom is 0.0317 e. The van der Waals surface area contributed by atoms with Crippen LogP contribution in [0, 0.1) is 0 Å². The lowest BCUT2D eigenvalue weighted by molar-refractivity contribution is 0.576. The van der Waals surface area contributed by atoms with Gasteiger partial charge in [-0.25, -0.2) is 0 Å². The first-order valence-corrected chi connectivity index (χ1v) is 5.94. The summed E-state index contributed by atoms with van der Waals surface area (Å²) in [4.78, 5) is 0. The number of aryl methyl sites for hydroxylation is 1. The lowest BCUT2D eigenvalue weighted by Gasteiger charge is -2.12. The Morgan fingerprint density at radius 3 is 2.93 bits per heavy atom. The molecule has 1 aromatic rings. The molecule has 1 saturated carbocycles. The van der Waals surface area contributed by atoms with Crippen LogP contribution >= 0.6 is 0 Å². The zero-order valence-electron chi connectivity index (χ0n) is 9.00. The van der Waals surface area contributed by atoms with Crippen molar-refractivity contribution in [3.8, 4) is 0 Å². The Balaban J connectivity index is 1.74. The highest BCUT2D eigenvalue weighted by atomic mass is 14.9. The molecule has 0 radical (unpaired) electrons. The van der Waals surface area contributed by atoms with Gasteiger partial charge in [-0.1, -0.05) is 6.07 Å². The van der Waals surface area contributed by atoms with Gasteiger partial charge in [-0.15, -0.1) is 0 Å². The van der Waals surface area contributed by atoms with E-state index in [4.69, 9.17) is 5.73 Å². The van der Waals surface area contributed by atoms with Gasteiger partial charge in [0.05, 0.1) is 0 Å². The molecule has 1 aromatic carbocycles. The summed E-state index contributed by atoms with van der Waals surface area (Å²) in [6.07, 6.45) is 5.26. The molecule has 80 valence electrons. The Hall–Kier alpha value is -1.02. The fourth-order valence-electron chi connectivity index (χ4n) is 2.51. The predicted octanol–water partition coefficient (Wildman–Crippen LogP) is 2.05. The number of anilines is 1. The van der Waals surface area contributed by atoms with Gasteiger partial charge in [-0.2, -0.15) is 0 Å². The number of hydrogen-bond donors (Lipinski definition) is 2. The topological polar surface area (TPSA) is 38.0 Å². The lowest BCUT2D eigenvalue weighted by Crippen LogP contribution is -2.22. The molecular formula is C13H18N2. The molecule has 2 nitrogen and oxygen atoms in total. The van der Waals surface area contributed by atoms with Crippen LogP contribution in [0.2, 0.25) is 0 Å². The molecule has 3 rings (SSSR count). The van der Waals surface area contributed by atoms with Gasteiger partial charge in [0.15, 0.2) is 0 Å². The predicted molar refractivity (Wildman–Crippen MR) is 62.9 cm³/mol. The van der Waals surface area contributed by atoms with Gasteiger partial charge in [-0.05, 0) is 54.9 Å². The number of fused-ring (bicyclic) bond motifs is 1. The molecule has 2 aliphatic rings. The van der Waals surface area contributed by atoms with Crippen molar-refractivity contribution < 1.29 is 0 Å². The maximum absolute atomic E-state index is 5.84. The van der Waals surface area contributed by atoms with Gasteiger partial charge < -0.3 is 11.1 Å². The van der Waals surface area contributed by atoms with Crippen molar-refractivity contribution in [2.75, 3.05) is 12.3 Å². The molecule has 2 aliphatic carbocycles. The summed E-state index contributed by atoms with van der Waals surface area (Å²) in [6.45, 7) is 1.14. The van der Waals surface area contributed by atoms with E-state index < -0.39 is 0 Å². The van der Waals surface area contributed by atoms with Crippen LogP contribution < -0.4 is 11.1 Å². The van der Waals surface area contributed by atoms with Crippen molar-refractivity contribution in [1.82, 2.24) is 5.32 Å². The third-order valence-corrected chi connectivity index (χ3v) is 3.60. The van der Waals surface area contributed by atoms with Gasteiger partial charge in [0, 0.05) is 18.3 Å². The van der Waals surface area contributed by atoms with Crippen molar-refractivity contribution in [3.63, 3.8) is 0 Å². The minimum absolute atomic E-state index is 0.698. The molecule has 1 fully saturated rings. The molecular weight excluding hydrogens is 184 g/mol. The number of nitrogens with one attached hydrogen (secondary N) is 1. The summed E-state index contributed by atoms with van der Waals surface area (Å²) in [5.41, 5.74) is 9.75. The normalized spacial score (nSPS) is 24.1. The lowest BCUT2D eigenvalue weighted by atomic mass is 10.0. The quantitative estimate of drug-likeness (QED) is 0.736. The van der Waals surface area contributed by atoms with Gasteiger partial charge in [0.25, 0.3) is 0 Å². The van der Waals surface area contributed by atoms with E-state index in [0.29, 0.717) is 5.92 Å². The standard InChI is InChI=1S/C13H18N2/c14-11-4-3-9-1-2-10(13(9)7-11)8-15-12-5-6-12/h3-4,7,10,12,15H,1-2,5-6,8,14H2. The van der Waals surface area contributed by atoms with Crippen LogP contribution in [0.3, 0.4) is 0 Å². The fourth-order valence-corrected chi connectivity index (χ4v) is 2.51. The third-order valence-electron chi connectivity index (χ3n) is 3.60. The van der Waals surface area contributed by atoms with Crippen LogP contribution in [-0.4, -0.2) is 12.6 Å². The zero-order valence-corrected chi connectivity index (χ0v) is 9.00. The molecule has 1 atom stereocenters. The number of nitrogen functional groups attached to an aromatic ring is 1. The van der Waals surface area contributed by atoms with Crippen molar-refractivity contribution in [2.45, 2.75) is 37.6 Å². The van der Waals surface area contributed by atoms with E-state index in [2.05, 4.69) is 17.4 Å². The van der Waals surface area contributed by atoms with Gasteiger partial charge in [-0.3, -0.25) is 0 Å². The number of rotatable bonds is 3. The zero-order chi connectivity index (χ0) is 10.3. The number of nitrogens with two attached hydrogens (primary N) is 1. The van der Waals surface area contributed by atoms with Crippen LogP contribution in [0.4, 0.5) is 5.69 Å². The summed E-state index contributed by atoms with van der Waals surface area (Å²) in [5.74, 6) is 0.698. The average molecular weight is 202 g/mol. The van der Waals surface area contributed by atoms with Crippen molar-refractivity contribution >= 4 is 5.69 Å². The SMILES string of the molecule is Nc1ccc2c(c1)C(CNC1CC1)CC2. The van der Waals surface area contributed by atoms with E-state index in [9.17, 15) is 0 Å². The highest BCUT2D eigenvalue weighted by Gasteiger charge is 2.26. The second-order valence-corrected chi connectivity index (χ2v) is 4.88. The monoisotopic (exact) mass is 202 g/mol. The molecule has 2 heteroatoms. The largest absolute Gasteiger partial charge is 0.399 e. The van der Waals surface area contributed by atoms with E-state index >= 15 is 0 Å². The first-order chi connectivity index (χ1) is 7.33. The first-order valence-electron chi connectivity index (χ1n) is 5.94. The van der Waals surface area contributed by atoms with Crippen LogP contribution in [0.15, 0.2) is 18.2 Å². The molecule has 0 bridgehead atoms. The molecule has 3 N–H and O–H groups in total. The Labute approximate surface area is 90.9 Å². The summed E-state index contributed by atoms with van der Waals surface area (Å²) in [6, 6.07) is 7.20. The first kappa shape index (κ1) is 9.22. The molecule has 0 heterocycles. The average Bonchev–Trinajstić information content (AvgIpc) is 2.97. The molecule has 15 heavy (non-hydrogen) atoms. The summed E-state index contributed by atoms with van der Waals surface area (Å²) >= 11 is 0. The van der Waals surface area contributed by atoms with E-state index in [1.54, 1.807) is 0 Å². The molecule has 0 aromatic heterocycles. The van der Waals surface area contributed by atoms with E-state index in [1.165, 1.54) is 36.8 Å². The highest BCUT2D eigenvalue weighted by molar-refractivity contribution is 5.48. The van der Waals surface area contributed by atoms with Gasteiger partial charge >= 0.3 is 0 Å². The van der Waals surface area contributed by atoms with Crippen molar-refractivity contribution in [2.24, 2.45) is 0 Å². The second-order valence-electron chi connectivity index (χ2n) is 4.88. The Morgan fingerprint density at radius 2 is 2.13 bits per heavy atom. The van der Waals surface area contributed by atoms with Crippen LogP contribution in [0.5, 0.6) is 0 Å². The van der Waals surface area contributed by atoms with Crippen molar-refractivity contribution in [3.05, 3.63) is 29.3 Å². The maximum atomic E-state index is 5.84. The summed E-state index contributed by atoms with van der Waals surface area (Å²) in [5, 5.41) is 3.62. The highest BCUT2D eigenvalue weighted by Crippen LogP contribution is 2.34. The second kappa shape index (κ2) is 3.53. The fraction of sp³-hybridized carbons (Fsp3) is 0.538. The third kappa shape index (κ3) is 1.86. The minimum Gasteiger partial charge on any atom is -0.399 e. The molecule has 0 saturated heterocycles. The van der Waals surface area contributed by atoms with Crippen LogP contribution in [-0.2, 0) is 6.42 Å². The molecule has 0 amide bonds. The van der Waals surface area contributed by atoms with Crippen molar-refractivity contribution in [1.29, 1.82) is 0 Å². The smallest absolute Gasteiger partial charge is 0.0317 e. The Bertz CT molecular complexity index is 369. The summed E-state index contributed by atoms with van der Waals surface area (Å²) < 4.78 is 0. The van der Waals surface area contributed by atoms with E-state index in [-0.39, 0.29) is 0 Å². The van der Waals surface area contributed by atoms with Crippen LogP contribution in [0.25, 0.3) is 0 Å². The van der Waals surface area contributed by atoms with Gasteiger partial charge in [0.2, 0.25) is 0 Å². The Morgan fingerprint density at radius 1 is 1.27 bits per heavy atom. The molecule has 0 spiro atoms. The Kier molecular flexibility index (Phi) is 2.17. The van der Waals surface area contributed by atoms with Crippen LogP contribution in [0.1, 0.15) is 36.3 Å². The number of benzene rings is 1. The minimum atomic E-state index is 0.698. The van der Waals surface area contributed by atoms with E-state index in [0.717, 1.165) is 18.3 Å².